The van der Waals surface area contributed by atoms with Gasteiger partial charge in [0, 0.05) is 37.0 Å². The molecule has 1 fully saturated rings. The molecule has 1 saturated heterocycles. The molecule has 2 aliphatic rings. The first-order valence-electron chi connectivity index (χ1n) is 12.8. The number of nitrogens with zero attached hydrogens (tertiary/aromatic N) is 1. The monoisotopic (exact) mass is 529 g/mol. The van der Waals surface area contributed by atoms with Gasteiger partial charge in [-0.3, -0.25) is 9.69 Å². The van der Waals surface area contributed by atoms with E-state index in [0.29, 0.717) is 57.5 Å². The molecule has 1 unspecified atom stereocenters. The second-order valence-corrected chi connectivity index (χ2v) is 9.08. The maximum atomic E-state index is 12.8. The molecule has 1 atom stereocenters. The third kappa shape index (κ3) is 5.94. The Bertz CT molecular complexity index is 1430. The summed E-state index contributed by atoms with van der Waals surface area (Å²) < 4.78 is 22.2. The Morgan fingerprint density at radius 2 is 1.92 bits per heavy atom. The molecule has 0 aliphatic carbocycles. The smallest absolute Gasteiger partial charge is 0.256 e. The summed E-state index contributed by atoms with van der Waals surface area (Å²) in [7, 11) is 3.14. The third-order valence-corrected chi connectivity index (χ3v) is 6.69. The van der Waals surface area contributed by atoms with E-state index < -0.39 is 6.10 Å². The standard InChI is InChI=1S/C30H31N3O6/c1-36-26-10-11-31-24(26)19-22-29-20(4-3-5-23(29)32-30(22)35)6-8-25(34)21-7-9-27(28(18-21)37-2)39-17-14-33-12-15-38-16-13-33/h3-5,7,9-11,18-19,25,31,34H,12-17H2,1-2H3,(H,32,35)/b22-19-. The summed E-state index contributed by atoms with van der Waals surface area (Å²) in [5.74, 6) is 7.50. The molecule has 3 N–H and O–H groups in total. The summed E-state index contributed by atoms with van der Waals surface area (Å²) in [5.41, 5.74) is 3.69. The number of hydrogen-bond acceptors (Lipinski definition) is 7. The van der Waals surface area contributed by atoms with Gasteiger partial charge in [0.2, 0.25) is 0 Å². The minimum Gasteiger partial charge on any atom is -0.495 e. The van der Waals surface area contributed by atoms with Gasteiger partial charge in [-0.15, -0.1) is 0 Å². The second kappa shape index (κ2) is 12.1. The summed E-state index contributed by atoms with van der Waals surface area (Å²) >= 11 is 0. The Kier molecular flexibility index (Phi) is 8.18. The number of aromatic amines is 1. The summed E-state index contributed by atoms with van der Waals surface area (Å²) in [5, 5.41) is 13.8. The predicted octanol–water partition coefficient (Wildman–Crippen LogP) is 3.32. The van der Waals surface area contributed by atoms with Gasteiger partial charge in [0.25, 0.3) is 5.91 Å². The summed E-state index contributed by atoms with van der Waals surface area (Å²) in [6.07, 6.45) is 2.41. The number of aliphatic hydroxyl groups is 1. The molecule has 2 aliphatic heterocycles. The van der Waals surface area contributed by atoms with Gasteiger partial charge in [-0.05, 0) is 42.0 Å². The van der Waals surface area contributed by atoms with Crippen molar-refractivity contribution in [3.63, 3.8) is 0 Å². The van der Waals surface area contributed by atoms with Crippen molar-refractivity contribution < 1.29 is 28.8 Å². The highest BCUT2D eigenvalue weighted by Gasteiger charge is 2.27. The third-order valence-electron chi connectivity index (χ3n) is 6.69. The molecule has 0 bridgehead atoms. The number of methoxy groups -OCH3 is 2. The van der Waals surface area contributed by atoms with Crippen molar-refractivity contribution in [3.05, 3.63) is 71.0 Å². The zero-order valence-corrected chi connectivity index (χ0v) is 22.0. The number of nitrogens with one attached hydrogen (secondary N) is 2. The normalized spacial score (nSPS) is 16.7. The number of rotatable bonds is 8. The molecule has 9 heteroatoms. The number of ether oxygens (including phenoxy) is 4. The highest BCUT2D eigenvalue weighted by atomic mass is 16.5. The fourth-order valence-electron chi connectivity index (χ4n) is 4.61. The molecule has 0 spiro atoms. The van der Waals surface area contributed by atoms with Crippen LogP contribution in [-0.2, 0) is 9.53 Å². The number of benzene rings is 2. The minimum atomic E-state index is -1.07. The number of amides is 1. The lowest BCUT2D eigenvalue weighted by Gasteiger charge is -2.26. The van der Waals surface area contributed by atoms with E-state index in [0.717, 1.165) is 32.8 Å². The number of fused-ring (bicyclic) bond motifs is 1. The summed E-state index contributed by atoms with van der Waals surface area (Å²) in [4.78, 5) is 18.1. The van der Waals surface area contributed by atoms with Gasteiger partial charge in [-0.2, -0.15) is 0 Å². The summed E-state index contributed by atoms with van der Waals surface area (Å²) in [6, 6.07) is 12.5. The van der Waals surface area contributed by atoms with Crippen LogP contribution in [0.5, 0.6) is 17.2 Å². The molecule has 1 aromatic heterocycles. The first-order chi connectivity index (χ1) is 19.1. The van der Waals surface area contributed by atoms with Crippen molar-refractivity contribution in [2.75, 3.05) is 59.0 Å². The van der Waals surface area contributed by atoms with Crippen molar-refractivity contribution in [2.45, 2.75) is 6.10 Å². The summed E-state index contributed by atoms with van der Waals surface area (Å²) in [6.45, 7) is 4.61. The molecule has 3 aromatic rings. The Labute approximate surface area is 227 Å². The fraction of sp³-hybridized carbons (Fsp3) is 0.300. The quantitative estimate of drug-likeness (QED) is 0.304. The molecule has 202 valence electrons. The van der Waals surface area contributed by atoms with Crippen molar-refractivity contribution in [3.8, 4) is 29.1 Å². The van der Waals surface area contributed by atoms with Crippen molar-refractivity contribution in [1.82, 2.24) is 9.88 Å². The van der Waals surface area contributed by atoms with E-state index in [4.69, 9.17) is 18.9 Å². The molecule has 5 rings (SSSR count). The van der Waals surface area contributed by atoms with Gasteiger partial charge in [0.05, 0.1) is 44.4 Å². The van der Waals surface area contributed by atoms with E-state index >= 15 is 0 Å². The van der Waals surface area contributed by atoms with E-state index in [2.05, 4.69) is 27.0 Å². The molecular formula is C30H31N3O6. The molecule has 39 heavy (non-hydrogen) atoms. The first-order valence-corrected chi connectivity index (χ1v) is 12.8. The van der Waals surface area contributed by atoms with Crippen LogP contribution in [0.3, 0.4) is 0 Å². The first kappa shape index (κ1) is 26.4. The van der Waals surface area contributed by atoms with Crippen molar-refractivity contribution in [1.29, 1.82) is 0 Å². The Balaban J connectivity index is 1.33. The molecule has 9 nitrogen and oxygen atoms in total. The fourth-order valence-corrected chi connectivity index (χ4v) is 4.61. The number of anilines is 1. The van der Waals surface area contributed by atoms with Gasteiger partial charge < -0.3 is 34.4 Å². The van der Waals surface area contributed by atoms with Crippen molar-refractivity contribution >= 4 is 23.2 Å². The zero-order valence-electron chi connectivity index (χ0n) is 22.0. The zero-order chi connectivity index (χ0) is 27.2. The maximum absolute atomic E-state index is 12.8. The predicted molar refractivity (Wildman–Crippen MR) is 148 cm³/mol. The number of hydrogen-bond donors (Lipinski definition) is 3. The van der Waals surface area contributed by atoms with Crippen LogP contribution in [0.25, 0.3) is 11.6 Å². The number of aliphatic hydroxyl groups excluding tert-OH is 1. The van der Waals surface area contributed by atoms with Gasteiger partial charge in [-0.25, -0.2) is 0 Å². The van der Waals surface area contributed by atoms with E-state index in [9.17, 15) is 9.90 Å². The lowest BCUT2D eigenvalue weighted by molar-refractivity contribution is -0.110. The number of aromatic nitrogens is 1. The average molecular weight is 530 g/mol. The maximum Gasteiger partial charge on any atom is 0.256 e. The Morgan fingerprint density at radius 3 is 2.72 bits per heavy atom. The van der Waals surface area contributed by atoms with Crippen LogP contribution < -0.4 is 19.5 Å². The molecular weight excluding hydrogens is 498 g/mol. The number of morpholine rings is 1. The molecule has 1 amide bonds. The van der Waals surface area contributed by atoms with E-state index in [-0.39, 0.29) is 5.91 Å². The Hall–Kier alpha value is -4.23. The number of carbonyl (C=O) groups excluding carboxylic acids is 1. The largest absolute Gasteiger partial charge is 0.495 e. The van der Waals surface area contributed by atoms with Crippen molar-refractivity contribution in [2.24, 2.45) is 0 Å². The number of H-pyrrole nitrogens is 1. The Morgan fingerprint density at radius 1 is 1.10 bits per heavy atom. The highest BCUT2D eigenvalue weighted by molar-refractivity contribution is 6.35. The van der Waals surface area contributed by atoms with Gasteiger partial charge in [0.15, 0.2) is 11.5 Å². The van der Waals surface area contributed by atoms with Crippen LogP contribution in [0, 0.1) is 11.8 Å². The SMILES string of the molecule is COc1cc(C(O)C#Cc2cccc3c2/C(=C/c2[nH]ccc2OC)C(=O)N3)ccc1OCCN1CCOCC1. The van der Waals surface area contributed by atoms with E-state index in [1.807, 2.05) is 18.2 Å². The average Bonchev–Trinajstić information content (AvgIpc) is 3.56. The van der Waals surface area contributed by atoms with Crippen LogP contribution in [0.15, 0.2) is 48.7 Å². The van der Waals surface area contributed by atoms with E-state index in [1.54, 1.807) is 50.8 Å². The van der Waals surface area contributed by atoms with E-state index in [1.165, 1.54) is 0 Å². The molecule has 3 heterocycles. The molecule has 0 saturated carbocycles. The van der Waals surface area contributed by atoms with Crippen LogP contribution in [0.2, 0.25) is 0 Å². The van der Waals surface area contributed by atoms with Gasteiger partial charge in [-0.1, -0.05) is 24.0 Å². The minimum absolute atomic E-state index is 0.231. The second-order valence-electron chi connectivity index (χ2n) is 9.08. The highest BCUT2D eigenvalue weighted by Crippen LogP contribution is 2.37. The van der Waals surface area contributed by atoms with Gasteiger partial charge >= 0.3 is 0 Å². The van der Waals surface area contributed by atoms with Crippen LogP contribution >= 0.6 is 0 Å². The number of carbonyl (C=O) groups is 1. The van der Waals surface area contributed by atoms with Crippen LogP contribution in [0.1, 0.15) is 28.5 Å². The topological polar surface area (TPSA) is 105 Å². The van der Waals surface area contributed by atoms with Gasteiger partial charge in [0.1, 0.15) is 18.5 Å². The van der Waals surface area contributed by atoms with Crippen LogP contribution in [-0.4, -0.2) is 74.6 Å². The lowest BCUT2D eigenvalue weighted by Crippen LogP contribution is -2.38. The van der Waals surface area contributed by atoms with Crippen LogP contribution in [0.4, 0.5) is 5.69 Å². The molecule has 0 radical (unpaired) electrons. The lowest BCUT2D eigenvalue weighted by atomic mass is 9.99. The molecule has 2 aromatic carbocycles.